The Bertz CT molecular complexity index is 981. The second-order valence-electron chi connectivity index (χ2n) is 7.50. The van der Waals surface area contributed by atoms with Crippen molar-refractivity contribution in [3.05, 3.63) is 39.8 Å². The van der Waals surface area contributed by atoms with Gasteiger partial charge >= 0.3 is 5.97 Å². The number of rotatable bonds is 5. The van der Waals surface area contributed by atoms with Gasteiger partial charge in [0.05, 0.1) is 24.3 Å². The second kappa shape index (κ2) is 8.67. The molecule has 8 nitrogen and oxygen atoms in total. The van der Waals surface area contributed by atoms with Crippen molar-refractivity contribution >= 4 is 27.8 Å². The van der Waals surface area contributed by atoms with Gasteiger partial charge in [-0.25, -0.2) is 9.48 Å². The lowest BCUT2D eigenvalue weighted by atomic mass is 9.94. The van der Waals surface area contributed by atoms with Crippen molar-refractivity contribution in [3.8, 4) is 11.5 Å². The number of fused-ring (bicyclic) bond motifs is 1. The number of esters is 1. The SMILES string of the molecule is COc1cc(C2C(C(=O)OC3CCCCC3)=C(C)Nc3ncnn32)cc(Br)c1OC. The summed E-state index contributed by atoms with van der Waals surface area (Å²) in [7, 11) is 3.16. The molecule has 0 amide bonds. The molecule has 1 aliphatic carbocycles. The minimum atomic E-state index is -0.504. The largest absolute Gasteiger partial charge is 0.493 e. The Morgan fingerprint density at radius 3 is 2.67 bits per heavy atom. The first-order valence-electron chi connectivity index (χ1n) is 10.0. The molecule has 1 atom stereocenters. The first-order chi connectivity index (χ1) is 14.5. The molecule has 1 N–H and O–H groups in total. The van der Waals surface area contributed by atoms with E-state index < -0.39 is 6.04 Å². The summed E-state index contributed by atoms with van der Waals surface area (Å²) in [6.45, 7) is 1.86. The number of nitrogens with zero attached hydrogens (tertiary/aromatic N) is 3. The number of carbonyl (C=O) groups is 1. The highest BCUT2D eigenvalue weighted by Crippen LogP contribution is 2.42. The summed E-state index contributed by atoms with van der Waals surface area (Å²) >= 11 is 3.55. The molecule has 0 bridgehead atoms. The molecule has 2 heterocycles. The summed E-state index contributed by atoms with van der Waals surface area (Å²) in [5, 5.41) is 7.54. The third kappa shape index (κ3) is 3.78. The summed E-state index contributed by atoms with van der Waals surface area (Å²) in [6, 6.07) is 3.26. The maximum absolute atomic E-state index is 13.3. The minimum absolute atomic E-state index is 0.0403. The van der Waals surface area contributed by atoms with Gasteiger partial charge in [0.25, 0.3) is 0 Å². The van der Waals surface area contributed by atoms with Gasteiger partial charge in [0.1, 0.15) is 18.5 Å². The quantitative estimate of drug-likeness (QED) is 0.646. The third-order valence-corrected chi connectivity index (χ3v) is 6.20. The predicted octanol–water partition coefficient (Wildman–Crippen LogP) is 4.22. The van der Waals surface area contributed by atoms with Crippen LogP contribution in [0.4, 0.5) is 5.95 Å². The summed E-state index contributed by atoms with van der Waals surface area (Å²) in [5.74, 6) is 1.38. The fourth-order valence-electron chi connectivity index (χ4n) is 4.16. The molecule has 2 aliphatic rings. The van der Waals surface area contributed by atoms with Gasteiger partial charge in [0.2, 0.25) is 5.95 Å². The van der Waals surface area contributed by atoms with E-state index in [1.807, 2.05) is 19.1 Å². The van der Waals surface area contributed by atoms with Gasteiger partial charge < -0.3 is 19.5 Å². The first-order valence-corrected chi connectivity index (χ1v) is 10.8. The number of carbonyl (C=O) groups excluding carboxylic acids is 1. The van der Waals surface area contributed by atoms with Crippen LogP contribution >= 0.6 is 15.9 Å². The maximum atomic E-state index is 13.3. The Morgan fingerprint density at radius 2 is 1.97 bits per heavy atom. The summed E-state index contributed by atoms with van der Waals surface area (Å²) in [6.07, 6.45) is 6.62. The van der Waals surface area contributed by atoms with Crippen LogP contribution in [-0.4, -0.2) is 41.1 Å². The molecule has 0 radical (unpaired) electrons. The molecule has 4 rings (SSSR count). The lowest BCUT2D eigenvalue weighted by Crippen LogP contribution is -2.32. The summed E-state index contributed by atoms with van der Waals surface area (Å²) in [4.78, 5) is 17.6. The third-order valence-electron chi connectivity index (χ3n) is 5.61. The molecule has 9 heteroatoms. The van der Waals surface area contributed by atoms with Gasteiger partial charge in [0.15, 0.2) is 11.5 Å². The van der Waals surface area contributed by atoms with E-state index in [-0.39, 0.29) is 12.1 Å². The van der Waals surface area contributed by atoms with Crippen molar-refractivity contribution in [2.45, 2.75) is 51.2 Å². The highest BCUT2D eigenvalue weighted by molar-refractivity contribution is 9.10. The lowest BCUT2D eigenvalue weighted by Gasteiger charge is -2.30. The monoisotopic (exact) mass is 476 g/mol. The zero-order valence-corrected chi connectivity index (χ0v) is 18.9. The van der Waals surface area contributed by atoms with Gasteiger partial charge in [0, 0.05) is 5.70 Å². The molecule has 1 saturated carbocycles. The van der Waals surface area contributed by atoms with Crippen LogP contribution in [0.2, 0.25) is 0 Å². The van der Waals surface area contributed by atoms with Crippen LogP contribution in [0.15, 0.2) is 34.2 Å². The van der Waals surface area contributed by atoms with Gasteiger partial charge in [-0.1, -0.05) is 6.42 Å². The first kappa shape index (κ1) is 20.7. The highest BCUT2D eigenvalue weighted by Gasteiger charge is 2.36. The molecular formula is C21H25BrN4O4. The lowest BCUT2D eigenvalue weighted by molar-refractivity contribution is -0.146. The standard InChI is InChI=1S/C21H25BrN4O4/c1-12-17(20(27)30-14-7-5-4-6-8-14)18(26-21(25-12)23-11-24-26)13-9-15(22)19(29-3)16(10-13)28-2/h9-11,14,18H,4-8H2,1-3H3,(H,23,24,25). The molecule has 2 aromatic rings. The molecular weight excluding hydrogens is 452 g/mol. The number of allylic oxidation sites excluding steroid dienone is 1. The fourth-order valence-corrected chi connectivity index (χ4v) is 4.78. The van der Waals surface area contributed by atoms with Crippen molar-refractivity contribution in [2.75, 3.05) is 19.5 Å². The predicted molar refractivity (Wildman–Crippen MR) is 115 cm³/mol. The maximum Gasteiger partial charge on any atom is 0.338 e. The van der Waals surface area contributed by atoms with Crippen LogP contribution in [0.5, 0.6) is 11.5 Å². The molecule has 1 aliphatic heterocycles. The van der Waals surface area contributed by atoms with Gasteiger partial charge in [-0.2, -0.15) is 10.1 Å². The molecule has 0 spiro atoms. The average Bonchev–Trinajstić information content (AvgIpc) is 3.20. The Labute approximate surface area is 183 Å². The number of ether oxygens (including phenoxy) is 3. The normalized spacial score (nSPS) is 19.1. The van der Waals surface area contributed by atoms with Crippen LogP contribution in [0, 0.1) is 0 Å². The number of nitrogens with one attached hydrogen (secondary N) is 1. The second-order valence-corrected chi connectivity index (χ2v) is 8.35. The van der Waals surface area contributed by atoms with Crippen LogP contribution in [0.3, 0.4) is 0 Å². The number of benzene rings is 1. The zero-order chi connectivity index (χ0) is 21.3. The van der Waals surface area contributed by atoms with E-state index in [0.29, 0.717) is 28.7 Å². The Kier molecular flexibility index (Phi) is 5.99. The van der Waals surface area contributed by atoms with Crippen LogP contribution < -0.4 is 14.8 Å². The van der Waals surface area contributed by atoms with Gasteiger partial charge in [-0.3, -0.25) is 0 Å². The number of halogens is 1. The fraction of sp³-hybridized carbons (Fsp3) is 0.476. The molecule has 1 aromatic carbocycles. The number of methoxy groups -OCH3 is 2. The molecule has 160 valence electrons. The Hall–Kier alpha value is -2.55. The smallest absolute Gasteiger partial charge is 0.338 e. The number of aromatic nitrogens is 3. The van der Waals surface area contributed by atoms with Crippen molar-refractivity contribution in [2.24, 2.45) is 0 Å². The van der Waals surface area contributed by atoms with Gasteiger partial charge in [-0.05, 0) is 66.2 Å². The van der Waals surface area contributed by atoms with Crippen molar-refractivity contribution in [3.63, 3.8) is 0 Å². The molecule has 1 aromatic heterocycles. The molecule has 0 saturated heterocycles. The van der Waals surface area contributed by atoms with E-state index in [1.54, 1.807) is 18.9 Å². The van der Waals surface area contributed by atoms with Gasteiger partial charge in [-0.15, -0.1) is 0 Å². The van der Waals surface area contributed by atoms with Crippen molar-refractivity contribution in [1.29, 1.82) is 0 Å². The van der Waals surface area contributed by atoms with E-state index in [9.17, 15) is 4.79 Å². The highest BCUT2D eigenvalue weighted by atomic mass is 79.9. The van der Waals surface area contributed by atoms with E-state index in [2.05, 4.69) is 31.3 Å². The summed E-state index contributed by atoms with van der Waals surface area (Å²) < 4.78 is 19.3. The topological polar surface area (TPSA) is 87.5 Å². The molecule has 30 heavy (non-hydrogen) atoms. The molecule has 1 unspecified atom stereocenters. The number of anilines is 1. The Balaban J connectivity index is 1.77. The van der Waals surface area contributed by atoms with E-state index >= 15 is 0 Å². The van der Waals surface area contributed by atoms with Crippen LogP contribution in [-0.2, 0) is 9.53 Å². The zero-order valence-electron chi connectivity index (χ0n) is 17.3. The molecule has 1 fully saturated rings. The van der Waals surface area contributed by atoms with Crippen LogP contribution in [0.1, 0.15) is 50.6 Å². The average molecular weight is 477 g/mol. The van der Waals surface area contributed by atoms with Crippen molar-refractivity contribution in [1.82, 2.24) is 14.8 Å². The van der Waals surface area contributed by atoms with Crippen molar-refractivity contribution < 1.29 is 19.0 Å². The minimum Gasteiger partial charge on any atom is -0.493 e. The summed E-state index contributed by atoms with van der Waals surface area (Å²) in [5.41, 5.74) is 2.02. The van der Waals surface area contributed by atoms with Crippen LogP contribution in [0.25, 0.3) is 0 Å². The van der Waals surface area contributed by atoms with E-state index in [4.69, 9.17) is 14.2 Å². The van der Waals surface area contributed by atoms with E-state index in [1.165, 1.54) is 12.7 Å². The van der Waals surface area contributed by atoms with E-state index in [0.717, 1.165) is 35.7 Å². The number of hydrogen-bond donors (Lipinski definition) is 1. The number of hydrogen-bond acceptors (Lipinski definition) is 7. The Morgan fingerprint density at radius 1 is 1.20 bits per heavy atom.